The van der Waals surface area contributed by atoms with E-state index >= 15 is 0 Å². The number of carbonyl (C=O) groups excluding carboxylic acids is 2. The van der Waals surface area contributed by atoms with Gasteiger partial charge >= 0.3 is 12.2 Å². The van der Waals surface area contributed by atoms with Gasteiger partial charge in [0.05, 0.1) is 11.9 Å². The molecule has 33 heavy (non-hydrogen) atoms. The number of imide groups is 1. The Balaban J connectivity index is 2.72. The fourth-order valence-corrected chi connectivity index (χ4v) is 3.63. The third kappa shape index (κ3) is 6.63. The Labute approximate surface area is 204 Å². The van der Waals surface area contributed by atoms with Crippen molar-refractivity contribution in [2.45, 2.75) is 66.1 Å². The minimum absolute atomic E-state index is 0.0430. The Kier molecular flexibility index (Phi) is 7.73. The van der Waals surface area contributed by atoms with Crippen LogP contribution in [0.5, 0.6) is 0 Å². The normalized spacial score (nSPS) is 11.8. The summed E-state index contributed by atoms with van der Waals surface area (Å²) in [7, 11) is 0. The fourth-order valence-electron chi connectivity index (χ4n) is 2.83. The fraction of sp³-hybridized carbons (Fsp3) is 0.455. The van der Waals surface area contributed by atoms with E-state index in [1.165, 1.54) is 12.3 Å². The Morgan fingerprint density at radius 1 is 1.12 bits per heavy atom. The first kappa shape index (κ1) is 26.5. The van der Waals surface area contributed by atoms with E-state index in [0.29, 0.717) is 14.0 Å². The first-order chi connectivity index (χ1) is 15.0. The molecule has 1 aromatic carbocycles. The zero-order valence-corrected chi connectivity index (χ0v) is 21.5. The van der Waals surface area contributed by atoms with Crippen LogP contribution in [0.15, 0.2) is 18.3 Å². The highest BCUT2D eigenvalue weighted by molar-refractivity contribution is 14.1. The molecule has 2 aromatic rings. The van der Waals surface area contributed by atoms with E-state index in [9.17, 15) is 23.6 Å². The van der Waals surface area contributed by atoms with Crippen molar-refractivity contribution in [2.24, 2.45) is 0 Å². The summed E-state index contributed by atoms with van der Waals surface area (Å²) < 4.78 is 39.8. The lowest BCUT2D eigenvalue weighted by molar-refractivity contribution is 0.0428. The third-order valence-electron chi connectivity index (χ3n) is 3.94. The molecule has 8 nitrogen and oxygen atoms in total. The van der Waals surface area contributed by atoms with E-state index in [1.807, 2.05) is 28.7 Å². The molecule has 0 saturated heterocycles. The Bertz CT molecular complexity index is 1080. The number of carbonyl (C=O) groups is 2. The molecule has 2 amide bonds. The van der Waals surface area contributed by atoms with Crippen LogP contribution in [0.25, 0.3) is 5.69 Å². The minimum Gasteiger partial charge on any atom is -0.443 e. The van der Waals surface area contributed by atoms with Crippen molar-refractivity contribution in [3.05, 3.63) is 38.6 Å². The average molecular weight is 574 g/mol. The lowest BCUT2D eigenvalue weighted by Gasteiger charge is -2.27. The maximum atomic E-state index is 13.8. The van der Waals surface area contributed by atoms with E-state index in [1.54, 1.807) is 54.5 Å². The van der Waals surface area contributed by atoms with Gasteiger partial charge in [-0.2, -0.15) is 10.2 Å². The third-order valence-corrected chi connectivity index (χ3v) is 4.56. The van der Waals surface area contributed by atoms with Gasteiger partial charge < -0.3 is 9.47 Å². The Morgan fingerprint density at radius 3 is 2.06 bits per heavy atom. The number of benzene rings is 1. The Morgan fingerprint density at radius 2 is 1.64 bits per heavy atom. The second-order valence-electron chi connectivity index (χ2n) is 9.18. The minimum atomic E-state index is -2.82. The summed E-state index contributed by atoms with van der Waals surface area (Å²) in [5, 5.41) is 13.8. The zero-order chi connectivity index (χ0) is 25.3. The zero-order valence-electron chi connectivity index (χ0n) is 19.4. The number of nitriles is 1. The average Bonchev–Trinajstić information content (AvgIpc) is 3.01. The number of aryl methyl sites for hydroxylation is 1. The molecule has 0 aliphatic carbocycles. The number of alkyl halides is 2. The topological polar surface area (TPSA) is 97.5 Å². The van der Waals surface area contributed by atoms with Crippen LogP contribution in [-0.2, 0) is 9.47 Å². The molecule has 0 bridgehead atoms. The predicted octanol–water partition coefficient (Wildman–Crippen LogP) is 6.27. The molecule has 1 aromatic heterocycles. The molecule has 0 aliphatic heterocycles. The largest absolute Gasteiger partial charge is 0.443 e. The molecule has 0 radical (unpaired) electrons. The highest BCUT2D eigenvalue weighted by Crippen LogP contribution is 2.32. The van der Waals surface area contributed by atoms with Gasteiger partial charge in [-0.15, -0.1) is 5.10 Å². The molecule has 0 N–H and O–H groups in total. The quantitative estimate of drug-likeness (QED) is 0.401. The maximum absolute atomic E-state index is 13.8. The van der Waals surface area contributed by atoms with Gasteiger partial charge in [-0.05, 0) is 88.8 Å². The van der Waals surface area contributed by atoms with Gasteiger partial charge in [-0.3, -0.25) is 0 Å². The molecule has 178 valence electrons. The van der Waals surface area contributed by atoms with E-state index < -0.39 is 29.8 Å². The molecule has 1 heterocycles. The summed E-state index contributed by atoms with van der Waals surface area (Å²) in [6, 6.07) is 4.83. The van der Waals surface area contributed by atoms with Gasteiger partial charge in [-0.25, -0.2) is 23.1 Å². The second kappa shape index (κ2) is 9.62. The molecule has 11 heteroatoms. The molecule has 2 rings (SSSR count). The lowest BCUT2D eigenvalue weighted by atomic mass is 10.1. The Hall–Kier alpha value is -2.75. The molecule has 0 unspecified atom stereocenters. The highest BCUT2D eigenvalue weighted by atomic mass is 127. The summed E-state index contributed by atoms with van der Waals surface area (Å²) in [4.78, 5) is 26.3. The van der Waals surface area contributed by atoms with E-state index in [2.05, 4.69) is 5.10 Å². The maximum Gasteiger partial charge on any atom is 0.425 e. The lowest BCUT2D eigenvalue weighted by Crippen LogP contribution is -2.44. The number of hydrogen-bond donors (Lipinski definition) is 0. The van der Waals surface area contributed by atoms with Gasteiger partial charge in [0.2, 0.25) is 0 Å². The van der Waals surface area contributed by atoms with Crippen LogP contribution in [-0.4, -0.2) is 33.2 Å². The first-order valence-corrected chi connectivity index (χ1v) is 11.0. The van der Waals surface area contributed by atoms with Crippen molar-refractivity contribution in [3.63, 3.8) is 0 Å². The molecular formula is C22H25F2IN4O4. The van der Waals surface area contributed by atoms with Crippen molar-refractivity contribution < 1.29 is 27.8 Å². The number of aromatic nitrogens is 2. The monoisotopic (exact) mass is 574 g/mol. The van der Waals surface area contributed by atoms with Crippen molar-refractivity contribution in [1.29, 1.82) is 5.26 Å². The van der Waals surface area contributed by atoms with E-state index in [0.717, 1.165) is 4.68 Å². The highest BCUT2D eigenvalue weighted by Gasteiger charge is 2.36. The summed E-state index contributed by atoms with van der Waals surface area (Å²) in [5.41, 5.74) is -1.94. The molecule has 0 atom stereocenters. The number of rotatable bonds is 3. The predicted molar refractivity (Wildman–Crippen MR) is 126 cm³/mol. The van der Waals surface area contributed by atoms with Gasteiger partial charge in [0, 0.05) is 9.13 Å². The number of hydrogen-bond acceptors (Lipinski definition) is 6. The smallest absolute Gasteiger partial charge is 0.425 e. The SMILES string of the molecule is Cc1cc(I)cc(C(F)F)c1-n1cc(C#N)c(N(C(=O)OC(C)(C)C)C(=O)OC(C)(C)C)n1. The van der Waals surface area contributed by atoms with Crippen LogP contribution in [0.4, 0.5) is 24.2 Å². The number of amides is 2. The van der Waals surface area contributed by atoms with Crippen LogP contribution in [0, 0.1) is 21.8 Å². The number of nitrogens with zero attached hydrogens (tertiary/aromatic N) is 4. The van der Waals surface area contributed by atoms with Gasteiger partial charge in [0.1, 0.15) is 22.8 Å². The summed E-state index contributed by atoms with van der Waals surface area (Å²) in [6.45, 7) is 11.2. The van der Waals surface area contributed by atoms with Gasteiger partial charge in [0.25, 0.3) is 6.43 Å². The van der Waals surface area contributed by atoms with E-state index in [-0.39, 0.29) is 22.6 Å². The summed E-state index contributed by atoms with van der Waals surface area (Å²) >= 11 is 1.93. The molecule has 0 spiro atoms. The summed E-state index contributed by atoms with van der Waals surface area (Å²) in [5.74, 6) is -0.390. The van der Waals surface area contributed by atoms with Gasteiger partial charge in [-0.1, -0.05) is 0 Å². The molecule has 0 aliphatic rings. The van der Waals surface area contributed by atoms with Crippen molar-refractivity contribution in [3.8, 4) is 11.8 Å². The van der Waals surface area contributed by atoms with Crippen LogP contribution < -0.4 is 4.90 Å². The number of halogens is 3. The van der Waals surface area contributed by atoms with Crippen LogP contribution in [0.1, 0.15) is 64.7 Å². The van der Waals surface area contributed by atoms with E-state index in [4.69, 9.17) is 9.47 Å². The van der Waals surface area contributed by atoms with Crippen molar-refractivity contribution in [1.82, 2.24) is 9.78 Å². The molecule has 0 fully saturated rings. The number of ether oxygens (including phenoxy) is 2. The standard InChI is InChI=1S/C22H25F2IN4O4/c1-12-8-14(25)9-15(17(23)24)16(12)28-11-13(10-26)18(27-28)29(19(30)32-21(2,3)4)20(31)33-22(5,6)7/h8-9,11,17H,1-7H3. The number of anilines is 1. The summed E-state index contributed by atoms with van der Waals surface area (Å²) in [6.07, 6.45) is -3.88. The van der Waals surface area contributed by atoms with Crippen molar-refractivity contribution >= 4 is 40.6 Å². The second-order valence-corrected chi connectivity index (χ2v) is 10.4. The molecule has 0 saturated carbocycles. The van der Waals surface area contributed by atoms with Crippen LogP contribution >= 0.6 is 22.6 Å². The van der Waals surface area contributed by atoms with Crippen LogP contribution in [0.3, 0.4) is 0 Å². The first-order valence-electron chi connectivity index (χ1n) is 9.88. The van der Waals surface area contributed by atoms with Crippen molar-refractivity contribution in [2.75, 3.05) is 4.90 Å². The van der Waals surface area contributed by atoms with Crippen LogP contribution in [0.2, 0.25) is 0 Å². The molecular weight excluding hydrogens is 549 g/mol. The van der Waals surface area contributed by atoms with Gasteiger partial charge in [0.15, 0.2) is 5.82 Å².